The van der Waals surface area contributed by atoms with Gasteiger partial charge < -0.3 is 9.47 Å². The van der Waals surface area contributed by atoms with E-state index in [2.05, 4.69) is 4.98 Å². The van der Waals surface area contributed by atoms with E-state index >= 15 is 0 Å². The van der Waals surface area contributed by atoms with E-state index in [1.807, 2.05) is 0 Å². The maximum absolute atomic E-state index is 12.9. The molecule has 0 aliphatic rings. The molecule has 0 aliphatic heterocycles. The predicted molar refractivity (Wildman–Crippen MR) is 91.4 cm³/mol. The van der Waals surface area contributed by atoms with Crippen LogP contribution in [0.5, 0.6) is 11.5 Å². The van der Waals surface area contributed by atoms with Crippen LogP contribution in [0, 0.1) is 0 Å². The van der Waals surface area contributed by atoms with E-state index < -0.39 is 20.0 Å². The largest absolute Gasteiger partial charge is 0.493 e. The summed E-state index contributed by atoms with van der Waals surface area (Å²) in [6, 6.07) is 7.07. The first-order valence-corrected chi connectivity index (χ1v) is 10.3. The van der Waals surface area contributed by atoms with E-state index in [-0.39, 0.29) is 17.2 Å². The summed E-state index contributed by atoms with van der Waals surface area (Å²) in [6.45, 7) is -0.358. The van der Waals surface area contributed by atoms with Gasteiger partial charge in [0.2, 0.25) is 10.0 Å². The molecule has 1 aromatic heterocycles. The average Bonchev–Trinajstić information content (AvgIpc) is 2.58. The minimum absolute atomic E-state index is 0.179. The molecule has 0 saturated heterocycles. The first-order chi connectivity index (χ1) is 11.7. The van der Waals surface area contributed by atoms with Gasteiger partial charge in [0, 0.05) is 18.5 Å². The molecule has 0 radical (unpaired) electrons. The highest BCUT2D eigenvalue weighted by atomic mass is 32.3. The number of pyridine rings is 1. The van der Waals surface area contributed by atoms with Crippen LogP contribution >= 0.6 is 0 Å². The van der Waals surface area contributed by atoms with Crippen molar-refractivity contribution in [2.75, 3.05) is 20.5 Å². The highest BCUT2D eigenvalue weighted by Gasteiger charge is 2.33. The van der Waals surface area contributed by atoms with E-state index in [0.29, 0.717) is 15.0 Å². The van der Waals surface area contributed by atoms with Crippen LogP contribution in [0.1, 0.15) is 5.56 Å². The summed E-state index contributed by atoms with van der Waals surface area (Å²) >= 11 is 0. The Bertz CT molecular complexity index is 943. The van der Waals surface area contributed by atoms with Crippen LogP contribution in [0.25, 0.3) is 0 Å². The minimum Gasteiger partial charge on any atom is -0.493 e. The molecule has 2 aromatic rings. The molecule has 0 amide bonds. The summed E-state index contributed by atoms with van der Waals surface area (Å²) in [5.41, 5.74) is 0.442. The molecule has 2 rings (SSSR count). The van der Waals surface area contributed by atoms with E-state index in [4.69, 9.17) is 9.47 Å². The van der Waals surface area contributed by atoms with Crippen LogP contribution < -0.4 is 9.47 Å². The predicted octanol–water partition coefficient (Wildman–Crippen LogP) is 1.25. The fraction of sp³-hybridized carbons (Fsp3) is 0.267. The van der Waals surface area contributed by atoms with Gasteiger partial charge in [0.15, 0.2) is 11.5 Å². The molecule has 1 heterocycles. The number of methoxy groups -OCH3 is 2. The van der Waals surface area contributed by atoms with Crippen molar-refractivity contribution in [2.45, 2.75) is 11.4 Å². The van der Waals surface area contributed by atoms with Crippen LogP contribution in [0.2, 0.25) is 0 Å². The molecule has 0 fully saturated rings. The lowest BCUT2D eigenvalue weighted by atomic mass is 10.3. The summed E-state index contributed by atoms with van der Waals surface area (Å²) < 4.78 is 60.6. The van der Waals surface area contributed by atoms with Crippen LogP contribution in [-0.4, -0.2) is 46.0 Å². The monoisotopic (exact) mass is 386 g/mol. The molecular weight excluding hydrogens is 368 g/mol. The van der Waals surface area contributed by atoms with Crippen LogP contribution in [0.3, 0.4) is 0 Å². The molecule has 0 aliphatic carbocycles. The number of aromatic nitrogens is 1. The normalized spacial score (nSPS) is 12.2. The first-order valence-electron chi connectivity index (χ1n) is 7.04. The van der Waals surface area contributed by atoms with Crippen molar-refractivity contribution in [3.05, 3.63) is 48.3 Å². The van der Waals surface area contributed by atoms with E-state index in [0.717, 1.165) is 6.26 Å². The van der Waals surface area contributed by atoms with Crippen molar-refractivity contribution >= 4 is 20.0 Å². The smallest absolute Gasteiger partial charge is 0.256 e. The molecule has 25 heavy (non-hydrogen) atoms. The van der Waals surface area contributed by atoms with E-state index in [1.54, 1.807) is 12.1 Å². The molecule has 0 unspecified atom stereocenters. The second-order valence-electron chi connectivity index (χ2n) is 5.08. The zero-order chi connectivity index (χ0) is 18.7. The van der Waals surface area contributed by atoms with Crippen LogP contribution in [-0.2, 0) is 26.6 Å². The summed E-state index contributed by atoms with van der Waals surface area (Å²) in [5, 5.41) is 0. The lowest BCUT2D eigenvalue weighted by molar-refractivity contribution is 0.353. The molecule has 1 aromatic carbocycles. The topological polar surface area (TPSA) is 103 Å². The number of benzene rings is 1. The van der Waals surface area contributed by atoms with Crippen molar-refractivity contribution in [3.63, 3.8) is 0 Å². The van der Waals surface area contributed by atoms with Crippen molar-refractivity contribution in [3.8, 4) is 11.5 Å². The average molecular weight is 386 g/mol. The van der Waals surface area contributed by atoms with Gasteiger partial charge in [0.05, 0.1) is 31.9 Å². The van der Waals surface area contributed by atoms with Gasteiger partial charge in [-0.1, -0.05) is 9.78 Å². The van der Waals surface area contributed by atoms with Crippen molar-refractivity contribution < 1.29 is 26.3 Å². The molecule has 136 valence electrons. The Morgan fingerprint density at radius 1 is 1.04 bits per heavy atom. The number of hydrogen-bond acceptors (Lipinski definition) is 7. The Hall–Kier alpha value is -2.17. The van der Waals surface area contributed by atoms with Gasteiger partial charge in [-0.25, -0.2) is 16.8 Å². The summed E-state index contributed by atoms with van der Waals surface area (Å²) in [5.74, 6) is 0.512. The molecule has 0 bridgehead atoms. The Labute approximate surface area is 147 Å². The molecule has 10 heteroatoms. The van der Waals surface area contributed by atoms with Gasteiger partial charge in [-0.2, -0.15) is 0 Å². The Morgan fingerprint density at radius 2 is 1.72 bits per heavy atom. The standard InChI is InChI=1S/C15H18N2O6S2/c1-22-14-7-6-13(9-15(14)23-2)25(20,21)17(24(3,18)19)11-12-5-4-8-16-10-12/h4-10H,11H2,1-3H3. The maximum atomic E-state index is 12.9. The molecular formula is C15H18N2O6S2. The molecule has 0 saturated carbocycles. The zero-order valence-corrected chi connectivity index (χ0v) is 15.5. The van der Waals surface area contributed by atoms with E-state index in [1.165, 1.54) is 44.8 Å². The third kappa shape index (κ3) is 4.27. The van der Waals surface area contributed by atoms with Gasteiger partial charge in [-0.3, -0.25) is 4.98 Å². The van der Waals surface area contributed by atoms with Gasteiger partial charge in [-0.15, -0.1) is 0 Å². The molecule has 0 atom stereocenters. The fourth-order valence-electron chi connectivity index (χ4n) is 2.12. The van der Waals surface area contributed by atoms with E-state index in [9.17, 15) is 16.8 Å². The van der Waals surface area contributed by atoms with Crippen molar-refractivity contribution in [1.82, 2.24) is 8.69 Å². The molecule has 0 N–H and O–H groups in total. The molecule has 8 nitrogen and oxygen atoms in total. The molecule has 0 spiro atoms. The van der Waals surface area contributed by atoms with Gasteiger partial charge in [0.1, 0.15) is 0 Å². The maximum Gasteiger partial charge on any atom is 0.256 e. The van der Waals surface area contributed by atoms with Gasteiger partial charge >= 0.3 is 0 Å². The summed E-state index contributed by atoms with van der Waals surface area (Å²) in [6.07, 6.45) is 3.75. The van der Waals surface area contributed by atoms with Crippen LogP contribution in [0.15, 0.2) is 47.6 Å². The van der Waals surface area contributed by atoms with Gasteiger partial charge in [0.25, 0.3) is 10.0 Å². The lowest BCUT2D eigenvalue weighted by Crippen LogP contribution is -2.35. The number of ether oxygens (including phenoxy) is 2. The third-order valence-corrected chi connectivity index (χ3v) is 7.11. The minimum atomic E-state index is -4.33. The Kier molecular flexibility index (Phi) is 5.65. The first kappa shape index (κ1) is 19.2. The number of sulfonamides is 2. The quantitative estimate of drug-likeness (QED) is 0.705. The highest BCUT2D eigenvalue weighted by Crippen LogP contribution is 2.31. The Morgan fingerprint density at radius 3 is 2.24 bits per heavy atom. The Balaban J connectivity index is 2.52. The number of nitrogens with zero attached hydrogens (tertiary/aromatic N) is 2. The number of rotatable bonds is 7. The SMILES string of the molecule is COc1ccc(S(=O)(=O)N(Cc2cccnc2)S(C)(=O)=O)cc1OC. The highest BCUT2D eigenvalue weighted by molar-refractivity contribution is 8.03. The number of hydrogen-bond donors (Lipinski definition) is 0. The second kappa shape index (κ2) is 7.38. The van der Waals surface area contributed by atoms with Gasteiger partial charge in [-0.05, 0) is 23.8 Å². The fourth-order valence-corrected chi connectivity index (χ4v) is 5.23. The van der Waals surface area contributed by atoms with Crippen molar-refractivity contribution in [2.24, 2.45) is 0 Å². The second-order valence-corrected chi connectivity index (χ2v) is 9.08. The summed E-state index contributed by atoms with van der Waals surface area (Å²) in [7, 11) is -5.62. The van der Waals surface area contributed by atoms with Crippen LogP contribution in [0.4, 0.5) is 0 Å². The zero-order valence-electron chi connectivity index (χ0n) is 13.9. The lowest BCUT2D eigenvalue weighted by Gasteiger charge is -2.20. The van der Waals surface area contributed by atoms with Crippen molar-refractivity contribution in [1.29, 1.82) is 0 Å². The third-order valence-electron chi connectivity index (χ3n) is 3.33. The summed E-state index contributed by atoms with van der Waals surface area (Å²) in [4.78, 5) is 3.65.